The van der Waals surface area contributed by atoms with Gasteiger partial charge >= 0.3 is 0 Å². The Hall–Kier alpha value is -0.0400. The lowest BCUT2D eigenvalue weighted by atomic mass is 9.67. The van der Waals surface area contributed by atoms with Crippen molar-refractivity contribution >= 4 is 0 Å². The van der Waals surface area contributed by atoms with E-state index in [1.807, 2.05) is 0 Å². The summed E-state index contributed by atoms with van der Waals surface area (Å²) in [7, 11) is 0. The summed E-state index contributed by atoms with van der Waals surface area (Å²) in [5, 5.41) is 3.88. The lowest BCUT2D eigenvalue weighted by molar-refractivity contribution is 0.102. The van der Waals surface area contributed by atoms with Crippen LogP contribution in [0, 0.1) is 11.8 Å². The molecule has 1 N–H and O–H groups in total. The van der Waals surface area contributed by atoms with E-state index in [-0.39, 0.29) is 0 Å². The molecule has 1 nitrogen and oxygen atoms in total. The summed E-state index contributed by atoms with van der Waals surface area (Å²) >= 11 is 0. The van der Waals surface area contributed by atoms with E-state index in [1.165, 1.54) is 38.5 Å². The van der Waals surface area contributed by atoms with Gasteiger partial charge in [-0.05, 0) is 51.4 Å². The molecule has 14 heavy (non-hydrogen) atoms. The molecule has 3 fully saturated rings. The van der Waals surface area contributed by atoms with Gasteiger partial charge in [0.2, 0.25) is 0 Å². The fourth-order valence-corrected chi connectivity index (χ4v) is 3.16. The van der Waals surface area contributed by atoms with Gasteiger partial charge in [-0.25, -0.2) is 0 Å². The Balaban J connectivity index is 1.92. The molecule has 82 valence electrons. The van der Waals surface area contributed by atoms with Crippen molar-refractivity contribution in [3.63, 3.8) is 0 Å². The number of hydrogen-bond donors (Lipinski definition) is 1. The van der Waals surface area contributed by atoms with Gasteiger partial charge in [0, 0.05) is 11.6 Å². The molecular weight excluding hydrogens is 170 g/mol. The third-order valence-electron chi connectivity index (χ3n) is 4.51. The highest BCUT2D eigenvalue weighted by atomic mass is 15.0. The molecule has 1 unspecified atom stereocenters. The van der Waals surface area contributed by atoms with Crippen LogP contribution in [0.15, 0.2) is 0 Å². The van der Waals surface area contributed by atoms with E-state index in [2.05, 4.69) is 26.1 Å². The van der Waals surface area contributed by atoms with Gasteiger partial charge in [-0.2, -0.15) is 0 Å². The van der Waals surface area contributed by atoms with Gasteiger partial charge in [-0.3, -0.25) is 0 Å². The lowest BCUT2D eigenvalue weighted by Gasteiger charge is -2.46. The summed E-state index contributed by atoms with van der Waals surface area (Å²) in [5.41, 5.74) is 0.349. The normalized spacial score (nSPS) is 37.5. The highest BCUT2D eigenvalue weighted by Crippen LogP contribution is 2.41. The van der Waals surface area contributed by atoms with E-state index in [1.54, 1.807) is 0 Å². The van der Waals surface area contributed by atoms with Gasteiger partial charge in [-0.15, -0.1) is 0 Å². The minimum atomic E-state index is 0.349. The van der Waals surface area contributed by atoms with Gasteiger partial charge in [0.25, 0.3) is 0 Å². The fraction of sp³-hybridized carbons (Fsp3) is 1.00. The molecule has 0 aromatic carbocycles. The van der Waals surface area contributed by atoms with Crippen LogP contribution in [0.5, 0.6) is 0 Å². The van der Waals surface area contributed by atoms with Crippen molar-refractivity contribution in [2.75, 3.05) is 0 Å². The predicted molar refractivity (Wildman–Crippen MR) is 61.4 cm³/mol. The molecule has 2 bridgehead atoms. The van der Waals surface area contributed by atoms with Crippen LogP contribution in [0.1, 0.15) is 59.3 Å². The maximum atomic E-state index is 3.88. The summed E-state index contributed by atoms with van der Waals surface area (Å²) in [6.07, 6.45) is 8.68. The van der Waals surface area contributed by atoms with Gasteiger partial charge in [0.05, 0.1) is 0 Å². The Kier molecular flexibility index (Phi) is 2.88. The first-order valence-corrected chi connectivity index (χ1v) is 6.38. The van der Waals surface area contributed by atoms with E-state index in [4.69, 9.17) is 0 Å². The first-order valence-electron chi connectivity index (χ1n) is 6.38. The van der Waals surface area contributed by atoms with Crippen LogP contribution in [0.3, 0.4) is 0 Å². The van der Waals surface area contributed by atoms with Gasteiger partial charge < -0.3 is 5.32 Å². The molecular formula is C13H25N. The number of rotatable bonds is 3. The van der Waals surface area contributed by atoms with Crippen molar-refractivity contribution in [3.8, 4) is 0 Å². The quantitative estimate of drug-likeness (QED) is 0.728. The molecule has 0 radical (unpaired) electrons. The van der Waals surface area contributed by atoms with Crippen molar-refractivity contribution in [2.45, 2.75) is 70.9 Å². The highest BCUT2D eigenvalue weighted by Gasteiger charge is 2.37. The molecule has 0 aromatic heterocycles. The van der Waals surface area contributed by atoms with Crippen molar-refractivity contribution in [1.29, 1.82) is 0 Å². The highest BCUT2D eigenvalue weighted by molar-refractivity contribution is 4.93. The average Bonchev–Trinajstić information content (AvgIpc) is 2.19. The molecule has 3 rings (SSSR count). The average molecular weight is 195 g/mol. The topological polar surface area (TPSA) is 12.0 Å². The van der Waals surface area contributed by atoms with Crippen LogP contribution in [-0.4, -0.2) is 11.6 Å². The molecule has 0 spiro atoms. The third-order valence-corrected chi connectivity index (χ3v) is 4.51. The Morgan fingerprint density at radius 1 is 1.14 bits per heavy atom. The zero-order valence-electron chi connectivity index (χ0n) is 9.97. The molecule has 0 amide bonds. The predicted octanol–water partition coefficient (Wildman–Crippen LogP) is 3.34. The zero-order valence-corrected chi connectivity index (χ0v) is 9.97. The lowest BCUT2D eigenvalue weighted by Crippen LogP contribution is -2.52. The Morgan fingerprint density at radius 3 is 2.21 bits per heavy atom. The standard InChI is InChI=1S/C13H25N/c1-4-13(2,3)14-12-9-10-5-7-11(12)8-6-10/h10-12,14H,4-9H2,1-3H3. The second-order valence-electron chi connectivity index (χ2n) is 6.00. The van der Waals surface area contributed by atoms with Crippen LogP contribution < -0.4 is 5.32 Å². The van der Waals surface area contributed by atoms with Gasteiger partial charge in [0.15, 0.2) is 0 Å². The maximum Gasteiger partial charge on any atom is 0.0125 e. The fourth-order valence-electron chi connectivity index (χ4n) is 3.16. The molecule has 3 saturated carbocycles. The summed E-state index contributed by atoms with van der Waals surface area (Å²) in [6.45, 7) is 6.97. The molecule has 0 aromatic rings. The minimum absolute atomic E-state index is 0.349. The molecule has 3 aliphatic carbocycles. The maximum absolute atomic E-state index is 3.88. The van der Waals surface area contributed by atoms with E-state index in [9.17, 15) is 0 Å². The van der Waals surface area contributed by atoms with Gasteiger partial charge in [-0.1, -0.05) is 19.8 Å². The van der Waals surface area contributed by atoms with Crippen LogP contribution in [-0.2, 0) is 0 Å². The monoisotopic (exact) mass is 195 g/mol. The van der Waals surface area contributed by atoms with Crippen LogP contribution in [0.2, 0.25) is 0 Å². The number of fused-ring (bicyclic) bond motifs is 3. The summed E-state index contributed by atoms with van der Waals surface area (Å²) in [6, 6.07) is 0.831. The third kappa shape index (κ3) is 2.13. The van der Waals surface area contributed by atoms with Gasteiger partial charge in [0.1, 0.15) is 0 Å². The van der Waals surface area contributed by atoms with Crippen molar-refractivity contribution in [1.82, 2.24) is 5.32 Å². The van der Waals surface area contributed by atoms with Crippen LogP contribution in [0.4, 0.5) is 0 Å². The summed E-state index contributed by atoms with van der Waals surface area (Å²) < 4.78 is 0. The Morgan fingerprint density at radius 2 is 1.79 bits per heavy atom. The molecule has 0 heterocycles. The Bertz CT molecular complexity index is 189. The molecule has 0 aliphatic heterocycles. The smallest absolute Gasteiger partial charge is 0.0125 e. The van der Waals surface area contributed by atoms with E-state index < -0.39 is 0 Å². The van der Waals surface area contributed by atoms with E-state index in [0.717, 1.165) is 17.9 Å². The second-order valence-corrected chi connectivity index (χ2v) is 6.00. The molecule has 3 aliphatic rings. The molecule has 1 atom stereocenters. The Labute approximate surface area is 88.7 Å². The first kappa shape index (κ1) is 10.5. The van der Waals surface area contributed by atoms with Crippen LogP contribution >= 0.6 is 0 Å². The first-order chi connectivity index (χ1) is 6.61. The largest absolute Gasteiger partial charge is 0.309 e. The van der Waals surface area contributed by atoms with Crippen molar-refractivity contribution in [3.05, 3.63) is 0 Å². The molecule has 0 saturated heterocycles. The van der Waals surface area contributed by atoms with E-state index >= 15 is 0 Å². The van der Waals surface area contributed by atoms with Crippen molar-refractivity contribution < 1.29 is 0 Å². The number of nitrogens with one attached hydrogen (secondary N) is 1. The molecule has 1 heteroatoms. The van der Waals surface area contributed by atoms with Crippen LogP contribution in [0.25, 0.3) is 0 Å². The number of hydrogen-bond acceptors (Lipinski definition) is 1. The second kappa shape index (κ2) is 3.84. The van der Waals surface area contributed by atoms with E-state index in [0.29, 0.717) is 5.54 Å². The zero-order chi connectivity index (χ0) is 10.2. The SMILES string of the molecule is CCC(C)(C)NC1CC2CCC1CC2. The van der Waals surface area contributed by atoms with Crippen molar-refractivity contribution in [2.24, 2.45) is 11.8 Å². The minimum Gasteiger partial charge on any atom is -0.309 e. The summed E-state index contributed by atoms with van der Waals surface area (Å²) in [5.74, 6) is 2.04. The summed E-state index contributed by atoms with van der Waals surface area (Å²) in [4.78, 5) is 0.